The minimum absolute atomic E-state index is 0.0561. The molecule has 11 aromatic rings. The Kier molecular flexibility index (Phi) is 7.82. The highest BCUT2D eigenvalue weighted by atomic mass is 15.2. The van der Waals surface area contributed by atoms with E-state index in [1.165, 1.54) is 71.3 Å². The SMILES string of the molecule is CC1(C)CCC(C)(C)c2cc3c(cc21)c1cc2c(cc1n3-c1ccccc1)c1c3ccccc3ccc1n2-c1nc(-c2ccccc2)nc(-c2cccc3c2-c2ccccc2C3(C)C)n1. The second-order valence-electron chi connectivity index (χ2n) is 20.3. The van der Waals surface area contributed by atoms with Crippen LogP contribution in [0.1, 0.15) is 76.6 Å². The lowest BCUT2D eigenvalue weighted by molar-refractivity contribution is 0.332. The van der Waals surface area contributed by atoms with Gasteiger partial charge in [0.05, 0.1) is 22.1 Å². The number of fused-ring (bicyclic) bond motifs is 12. The minimum atomic E-state index is -0.164. The molecule has 5 heteroatoms. The van der Waals surface area contributed by atoms with Crippen molar-refractivity contribution in [3.8, 4) is 45.5 Å². The van der Waals surface area contributed by atoms with E-state index in [0.29, 0.717) is 17.6 Å². The van der Waals surface area contributed by atoms with Crippen molar-refractivity contribution in [2.45, 2.75) is 70.6 Å². The van der Waals surface area contributed by atoms with E-state index < -0.39 is 0 Å². The summed E-state index contributed by atoms with van der Waals surface area (Å²) in [6, 6.07) is 59.9. The van der Waals surface area contributed by atoms with Crippen LogP contribution >= 0.6 is 0 Å². The standard InChI is InChI=1S/C60H49N5/c1-58(2)30-31-59(3,4)48-35-52-42(32-47(48)58)43-33-51-44(34-50(43)64(52)38-21-11-8-12-22-38)54-39-23-14-13-18-36(39)28-29-49(54)65(51)57-62-55(37-19-9-7-10-20-37)61-56(63-57)41-25-17-27-46-53(41)40-24-15-16-26-45(40)60(46,5)6/h7-29,32-35H,30-31H2,1-6H3. The van der Waals surface area contributed by atoms with E-state index in [1.54, 1.807) is 0 Å². The van der Waals surface area contributed by atoms with Crippen molar-refractivity contribution < 1.29 is 0 Å². The molecule has 5 nitrogen and oxygen atoms in total. The van der Waals surface area contributed by atoms with Gasteiger partial charge in [0.25, 0.3) is 0 Å². The molecule has 3 aromatic heterocycles. The summed E-state index contributed by atoms with van der Waals surface area (Å²) in [6.07, 6.45) is 2.31. The van der Waals surface area contributed by atoms with Crippen LogP contribution in [0.3, 0.4) is 0 Å². The molecule has 0 aliphatic heterocycles. The summed E-state index contributed by atoms with van der Waals surface area (Å²) in [5.74, 6) is 1.90. The number of rotatable bonds is 4. The van der Waals surface area contributed by atoms with Gasteiger partial charge in [-0.2, -0.15) is 9.97 Å². The van der Waals surface area contributed by atoms with Crippen molar-refractivity contribution in [1.82, 2.24) is 24.1 Å². The summed E-state index contributed by atoms with van der Waals surface area (Å²) in [4.78, 5) is 16.4. The Labute approximate surface area is 379 Å². The van der Waals surface area contributed by atoms with E-state index in [4.69, 9.17) is 15.0 Å². The molecule has 0 unspecified atom stereocenters. The fraction of sp³-hybridized carbons (Fsp3) is 0.183. The number of aromatic nitrogens is 5. The Bertz CT molecular complexity index is 3790. The van der Waals surface area contributed by atoms with Crippen LogP contribution < -0.4 is 0 Å². The van der Waals surface area contributed by atoms with E-state index in [9.17, 15) is 0 Å². The Morgan fingerprint density at radius 1 is 0.415 bits per heavy atom. The molecule has 0 atom stereocenters. The topological polar surface area (TPSA) is 48.5 Å². The monoisotopic (exact) mass is 839 g/mol. The smallest absolute Gasteiger partial charge is 0.238 e. The van der Waals surface area contributed by atoms with Crippen molar-refractivity contribution in [2.24, 2.45) is 0 Å². The second kappa shape index (κ2) is 13.3. The second-order valence-corrected chi connectivity index (χ2v) is 20.3. The molecule has 0 amide bonds. The Hall–Kier alpha value is -7.37. The first kappa shape index (κ1) is 38.1. The first-order valence-corrected chi connectivity index (χ1v) is 23.1. The van der Waals surface area contributed by atoms with Crippen molar-refractivity contribution >= 4 is 54.4 Å². The van der Waals surface area contributed by atoms with Crippen LogP contribution in [0.4, 0.5) is 0 Å². The molecule has 0 radical (unpaired) electrons. The summed E-state index contributed by atoms with van der Waals surface area (Å²) >= 11 is 0. The van der Waals surface area contributed by atoms with Crippen LogP contribution in [0.15, 0.2) is 164 Å². The Morgan fingerprint density at radius 2 is 1.02 bits per heavy atom. The molecule has 3 heterocycles. The molecule has 2 aliphatic rings. The van der Waals surface area contributed by atoms with E-state index >= 15 is 0 Å². The normalized spacial score (nSPS) is 15.8. The van der Waals surface area contributed by atoms with E-state index in [2.05, 4.69) is 208 Å². The lowest BCUT2D eigenvalue weighted by atomic mass is 9.63. The Morgan fingerprint density at radius 3 is 1.82 bits per heavy atom. The predicted molar refractivity (Wildman–Crippen MR) is 270 cm³/mol. The number of nitrogens with zero attached hydrogens (tertiary/aromatic N) is 5. The summed E-state index contributed by atoms with van der Waals surface area (Å²) in [7, 11) is 0. The van der Waals surface area contributed by atoms with Crippen molar-refractivity contribution in [1.29, 1.82) is 0 Å². The Balaban J connectivity index is 1.17. The van der Waals surface area contributed by atoms with Crippen LogP contribution in [-0.4, -0.2) is 24.1 Å². The maximum Gasteiger partial charge on any atom is 0.238 e. The van der Waals surface area contributed by atoms with Crippen LogP contribution in [0.25, 0.3) is 99.9 Å². The lowest BCUT2D eigenvalue weighted by Gasteiger charge is -2.42. The summed E-state index contributed by atoms with van der Waals surface area (Å²) in [6.45, 7) is 14.3. The molecule has 65 heavy (non-hydrogen) atoms. The molecule has 0 bridgehead atoms. The van der Waals surface area contributed by atoms with Gasteiger partial charge in [-0.15, -0.1) is 0 Å². The third-order valence-electron chi connectivity index (χ3n) is 15.2. The van der Waals surface area contributed by atoms with Gasteiger partial charge in [0, 0.05) is 43.8 Å². The molecule has 0 saturated carbocycles. The van der Waals surface area contributed by atoms with E-state index in [1.807, 2.05) is 6.07 Å². The van der Waals surface area contributed by atoms with E-state index in [-0.39, 0.29) is 16.2 Å². The van der Waals surface area contributed by atoms with Gasteiger partial charge >= 0.3 is 0 Å². The van der Waals surface area contributed by atoms with Crippen LogP contribution in [0.2, 0.25) is 0 Å². The third kappa shape index (κ3) is 5.42. The average molecular weight is 840 g/mol. The van der Waals surface area contributed by atoms with Crippen LogP contribution in [-0.2, 0) is 16.2 Å². The van der Waals surface area contributed by atoms with Gasteiger partial charge in [0.15, 0.2) is 11.6 Å². The summed E-state index contributed by atoms with van der Waals surface area (Å²) in [5.41, 5.74) is 15.6. The zero-order valence-corrected chi connectivity index (χ0v) is 37.7. The number of hydrogen-bond acceptors (Lipinski definition) is 3. The highest BCUT2D eigenvalue weighted by Gasteiger charge is 2.39. The molecule has 0 fully saturated rings. The van der Waals surface area contributed by atoms with Gasteiger partial charge in [-0.3, -0.25) is 4.57 Å². The summed E-state index contributed by atoms with van der Waals surface area (Å²) < 4.78 is 4.81. The zero-order chi connectivity index (χ0) is 44.0. The molecule has 2 aliphatic carbocycles. The molecule has 0 N–H and O–H groups in total. The fourth-order valence-electron chi connectivity index (χ4n) is 11.7. The highest BCUT2D eigenvalue weighted by molar-refractivity contribution is 6.25. The van der Waals surface area contributed by atoms with Gasteiger partial charge in [-0.05, 0) is 110 Å². The maximum atomic E-state index is 5.57. The molecule has 0 spiro atoms. The molecule has 314 valence electrons. The van der Waals surface area contributed by atoms with Gasteiger partial charge in [0.2, 0.25) is 5.95 Å². The quantitative estimate of drug-likeness (QED) is 0.177. The molecule has 8 aromatic carbocycles. The predicted octanol–water partition coefficient (Wildman–Crippen LogP) is 15.2. The zero-order valence-electron chi connectivity index (χ0n) is 37.7. The number of hydrogen-bond donors (Lipinski definition) is 0. The van der Waals surface area contributed by atoms with Crippen molar-refractivity contribution in [3.05, 3.63) is 186 Å². The first-order chi connectivity index (χ1) is 31.5. The molecule has 13 rings (SSSR count). The molecular weight excluding hydrogens is 791 g/mol. The highest BCUT2D eigenvalue weighted by Crippen LogP contribution is 2.53. The molecule has 0 saturated heterocycles. The van der Waals surface area contributed by atoms with E-state index in [0.717, 1.165) is 46.1 Å². The number of para-hydroxylation sites is 1. The van der Waals surface area contributed by atoms with Crippen LogP contribution in [0, 0.1) is 0 Å². The number of benzene rings is 8. The fourth-order valence-corrected chi connectivity index (χ4v) is 11.7. The largest absolute Gasteiger partial charge is 0.309 e. The van der Waals surface area contributed by atoms with Crippen molar-refractivity contribution in [3.63, 3.8) is 0 Å². The third-order valence-corrected chi connectivity index (χ3v) is 15.2. The first-order valence-electron chi connectivity index (χ1n) is 23.1. The average Bonchev–Trinajstić information content (AvgIpc) is 3.92. The van der Waals surface area contributed by atoms with Crippen molar-refractivity contribution in [2.75, 3.05) is 0 Å². The molecular formula is C60H49N5. The lowest BCUT2D eigenvalue weighted by Crippen LogP contribution is -2.33. The minimum Gasteiger partial charge on any atom is -0.309 e. The van der Waals surface area contributed by atoms with Crippen LogP contribution in [0.5, 0.6) is 0 Å². The van der Waals surface area contributed by atoms with Gasteiger partial charge in [-0.1, -0.05) is 163 Å². The van der Waals surface area contributed by atoms with Gasteiger partial charge in [0.1, 0.15) is 0 Å². The maximum absolute atomic E-state index is 5.57. The summed E-state index contributed by atoms with van der Waals surface area (Å²) in [5, 5.41) is 7.22. The van der Waals surface area contributed by atoms with Gasteiger partial charge in [-0.25, -0.2) is 4.98 Å². The van der Waals surface area contributed by atoms with Gasteiger partial charge < -0.3 is 4.57 Å².